The van der Waals surface area contributed by atoms with Crippen LogP contribution in [0.5, 0.6) is 0 Å². The van der Waals surface area contributed by atoms with Gasteiger partial charge < -0.3 is 0 Å². The molecule has 288 valence electrons. The van der Waals surface area contributed by atoms with E-state index in [1.54, 1.807) is 27.6 Å². The van der Waals surface area contributed by atoms with E-state index < -0.39 is 35.2 Å². The molecule has 4 rings (SSSR count). The van der Waals surface area contributed by atoms with E-state index in [-0.39, 0.29) is 30.3 Å². The van der Waals surface area contributed by atoms with Crippen LogP contribution in [0, 0.1) is 0 Å². The van der Waals surface area contributed by atoms with Crippen molar-refractivity contribution in [3.05, 3.63) is 53.1 Å². The number of alkyl halides is 6. The average molecular weight is 955 g/mol. The van der Waals surface area contributed by atoms with Crippen molar-refractivity contribution in [3.63, 3.8) is 0 Å². The van der Waals surface area contributed by atoms with Crippen LogP contribution in [-0.4, -0.2) is 39.2 Å². The van der Waals surface area contributed by atoms with Crippen LogP contribution >= 0.6 is 7.92 Å². The Labute approximate surface area is 311 Å². The third-order valence-corrected chi connectivity index (χ3v) is 15.9. The van der Waals surface area contributed by atoms with E-state index >= 15 is 0 Å². The van der Waals surface area contributed by atoms with Gasteiger partial charge in [0.2, 0.25) is 0 Å². The number of benzene rings is 2. The quantitative estimate of drug-likeness (QED) is 0.154. The topological polar surface area (TPSA) is 80.3 Å². The Morgan fingerprint density at radius 1 is 0.640 bits per heavy atom. The van der Waals surface area contributed by atoms with Gasteiger partial charge in [-0.25, -0.2) is 16.8 Å². The maximum atomic E-state index is 11.5. The van der Waals surface area contributed by atoms with Crippen molar-refractivity contribution in [2.75, 3.05) is 0 Å². The first kappa shape index (κ1) is 45.2. The van der Waals surface area contributed by atoms with E-state index in [9.17, 15) is 43.2 Å². The molecule has 0 atom stereocenters. The summed E-state index contributed by atoms with van der Waals surface area (Å²) in [5.74, 6) is 1.64. The molecule has 2 aromatic carbocycles. The molecular formula is C35H50AuF6NO4PS2+. The molecule has 0 aromatic heterocycles. The SMILES string of the molecule is CC(C)c1cc(C(C)C)c(-c2ccccc2P(C2CCCCC2)C2CCCCC2)c(C(C)C)c1.O=S(=O)(NS(=O)(=O)C(F)(F)F)C(F)(F)F.[Au+]. The van der Waals surface area contributed by atoms with Crippen molar-refractivity contribution < 1.29 is 65.6 Å². The fraction of sp³-hybridized carbons (Fsp3) is 0.657. The molecule has 50 heavy (non-hydrogen) atoms. The van der Waals surface area contributed by atoms with E-state index in [0.29, 0.717) is 17.8 Å². The Kier molecular flexibility index (Phi) is 16.6. The van der Waals surface area contributed by atoms with Gasteiger partial charge in [-0.05, 0) is 87.9 Å². The van der Waals surface area contributed by atoms with Gasteiger partial charge in [0, 0.05) is 0 Å². The minimum atomic E-state index is -6.60. The number of hydrogen-bond acceptors (Lipinski definition) is 4. The van der Waals surface area contributed by atoms with E-state index in [4.69, 9.17) is 0 Å². The fourth-order valence-corrected chi connectivity index (χ4v) is 12.7. The van der Waals surface area contributed by atoms with Gasteiger partial charge in [0.15, 0.2) is 0 Å². The molecule has 0 bridgehead atoms. The van der Waals surface area contributed by atoms with E-state index in [2.05, 4.69) is 77.9 Å². The zero-order chi connectivity index (χ0) is 36.9. The van der Waals surface area contributed by atoms with Gasteiger partial charge in [-0.15, -0.1) is 0 Å². The number of nitrogens with one attached hydrogen (secondary N) is 1. The van der Waals surface area contributed by atoms with Gasteiger partial charge in [0.05, 0.1) is 0 Å². The number of sulfonamides is 2. The van der Waals surface area contributed by atoms with Crippen molar-refractivity contribution in [1.29, 1.82) is 0 Å². The average Bonchev–Trinajstić information content (AvgIpc) is 3.00. The Hall–Kier alpha value is -0.950. The number of rotatable bonds is 9. The summed E-state index contributed by atoms with van der Waals surface area (Å²) in [6.07, 6.45) is 14.6. The summed E-state index contributed by atoms with van der Waals surface area (Å²) in [5.41, 5.74) is -2.58. The third kappa shape index (κ3) is 11.3. The molecule has 2 fully saturated rings. The van der Waals surface area contributed by atoms with Crippen molar-refractivity contribution in [2.24, 2.45) is 0 Å². The monoisotopic (exact) mass is 954 g/mol. The normalized spacial score (nSPS) is 17.2. The molecule has 0 spiro atoms. The van der Waals surface area contributed by atoms with Gasteiger partial charge >= 0.3 is 53.4 Å². The molecule has 1 N–H and O–H groups in total. The standard InChI is InChI=1S/C33H49P.C2HF6NO4S2.Au/c1-23(2)26-21-30(24(3)4)33(31(22-26)25(5)6)29-19-13-14-20-32(29)34(27-15-9-7-10-16-27)28-17-11-8-12-18-28;3-1(4,5)14(10,11)9-15(12,13)2(6,7)8;/h13-14,19-25,27-28H,7-12,15-18H2,1-6H3;9H;/q;;+1. The summed E-state index contributed by atoms with van der Waals surface area (Å²) in [6.45, 7) is 14.3. The minimum Gasteiger partial charge on any atom is -0.202 e. The molecule has 2 aliphatic carbocycles. The zero-order valence-corrected chi connectivity index (χ0v) is 34.1. The maximum Gasteiger partial charge on any atom is 1.00 e. The van der Waals surface area contributed by atoms with E-state index in [1.807, 2.05) is 0 Å². The van der Waals surface area contributed by atoms with E-state index in [0.717, 1.165) is 11.3 Å². The minimum absolute atomic E-state index is 0. The molecule has 2 aromatic rings. The van der Waals surface area contributed by atoms with Gasteiger partial charge in [-0.3, -0.25) is 0 Å². The summed E-state index contributed by atoms with van der Waals surface area (Å²) < 4.78 is 108. The smallest absolute Gasteiger partial charge is 0.202 e. The summed E-state index contributed by atoms with van der Waals surface area (Å²) in [5, 5.41) is 1.75. The summed E-state index contributed by atoms with van der Waals surface area (Å²) in [4.78, 5) is 0. The van der Waals surface area contributed by atoms with Gasteiger partial charge in [0.25, 0.3) is 0 Å². The first-order chi connectivity index (χ1) is 22.6. The predicted molar refractivity (Wildman–Crippen MR) is 188 cm³/mol. The van der Waals surface area contributed by atoms with Gasteiger partial charge in [0.1, 0.15) is 0 Å². The van der Waals surface area contributed by atoms with Crippen LogP contribution in [0.25, 0.3) is 11.1 Å². The maximum absolute atomic E-state index is 11.5. The third-order valence-electron chi connectivity index (χ3n) is 9.35. The Balaban J connectivity index is 0.000000461. The molecule has 0 amide bonds. The van der Waals surface area contributed by atoms with Crippen LogP contribution < -0.4 is 9.43 Å². The Morgan fingerprint density at radius 2 is 1.02 bits per heavy atom. The van der Waals surface area contributed by atoms with Crippen molar-refractivity contribution in [3.8, 4) is 11.1 Å². The van der Waals surface area contributed by atoms with Gasteiger partial charge in [-0.1, -0.05) is 129 Å². The van der Waals surface area contributed by atoms with Crippen molar-refractivity contribution in [2.45, 2.75) is 146 Å². The first-order valence-corrected chi connectivity index (χ1v) is 21.5. The van der Waals surface area contributed by atoms with Crippen molar-refractivity contribution >= 4 is 33.3 Å². The molecule has 0 unspecified atom stereocenters. The Morgan fingerprint density at radius 3 is 1.36 bits per heavy atom. The fourth-order valence-electron chi connectivity index (χ4n) is 6.83. The van der Waals surface area contributed by atoms with E-state index in [1.165, 1.54) is 69.8 Å². The molecule has 0 heterocycles. The summed E-state index contributed by atoms with van der Waals surface area (Å²) in [6, 6.07) is 14.8. The molecular weight excluding hydrogens is 904 g/mol. The number of halogens is 6. The zero-order valence-electron chi connectivity index (χ0n) is 29.4. The second-order valence-corrected chi connectivity index (χ2v) is 20.4. The second kappa shape index (κ2) is 18.4. The summed E-state index contributed by atoms with van der Waals surface area (Å²) >= 11 is 0. The molecule has 0 saturated heterocycles. The van der Waals surface area contributed by atoms with Crippen LogP contribution in [0.3, 0.4) is 0 Å². The largest absolute Gasteiger partial charge is 1.00 e. The van der Waals surface area contributed by atoms with Crippen molar-refractivity contribution in [1.82, 2.24) is 4.13 Å². The predicted octanol–water partition coefficient (Wildman–Crippen LogP) is 10.8. The number of hydrogen-bond donors (Lipinski definition) is 1. The van der Waals surface area contributed by atoms with Crippen LogP contribution in [0.2, 0.25) is 0 Å². The van der Waals surface area contributed by atoms with Crippen LogP contribution in [0.15, 0.2) is 36.4 Å². The van der Waals surface area contributed by atoms with Gasteiger partial charge in [-0.2, -0.15) is 26.3 Å². The molecule has 2 aliphatic rings. The first-order valence-electron chi connectivity index (χ1n) is 17.1. The molecule has 0 aliphatic heterocycles. The Bertz CT molecular complexity index is 1530. The molecule has 5 nitrogen and oxygen atoms in total. The van der Waals surface area contributed by atoms with Crippen LogP contribution in [0.1, 0.15) is 140 Å². The molecule has 2 saturated carbocycles. The second-order valence-electron chi connectivity index (χ2n) is 14.0. The molecule has 15 heteroatoms. The van der Waals surface area contributed by atoms with Crippen LogP contribution in [-0.2, 0) is 42.4 Å². The van der Waals surface area contributed by atoms with Crippen LogP contribution in [0.4, 0.5) is 26.3 Å². The summed E-state index contributed by atoms with van der Waals surface area (Å²) in [7, 11) is -13.3. The molecule has 0 radical (unpaired) electrons.